The number of aryl methyl sites for hydroxylation is 1. The molecule has 2 nitrogen and oxygen atoms in total. The van der Waals surface area contributed by atoms with E-state index in [9.17, 15) is 0 Å². The molecule has 150 valence electrons. The van der Waals surface area contributed by atoms with Crippen LogP contribution in [0.25, 0.3) is 0 Å². The molecule has 2 heteroatoms. The Morgan fingerprint density at radius 3 is 0.963 bits per heavy atom. The van der Waals surface area contributed by atoms with Gasteiger partial charge in [-0.1, -0.05) is 97.4 Å². The molecule has 0 radical (unpaired) electrons. The van der Waals surface area contributed by atoms with Crippen molar-refractivity contribution in [2.24, 2.45) is 0 Å². The van der Waals surface area contributed by atoms with Crippen molar-refractivity contribution in [2.45, 2.75) is 61.3 Å². The molecule has 3 aromatic rings. The first kappa shape index (κ1) is 29.3. The van der Waals surface area contributed by atoms with Crippen molar-refractivity contribution in [1.82, 2.24) is 9.97 Å². The number of aromatic nitrogens is 2. The normalized spacial score (nSPS) is 7.37. The molecule has 1 aromatic carbocycles. The van der Waals surface area contributed by atoms with Crippen LogP contribution < -0.4 is 0 Å². The number of nitrogens with zero attached hydrogens (tertiary/aromatic N) is 2. The van der Waals surface area contributed by atoms with Gasteiger partial charge in [0.1, 0.15) is 0 Å². The Kier molecular flexibility index (Phi) is 34.0. The third-order valence-corrected chi connectivity index (χ3v) is 2.38. The number of hydrogen-bond acceptors (Lipinski definition) is 2. The standard InChI is InChI=1S/C8H10.2C5H5N.C3H8.2C2H6/c1-2-8-6-4-3-5-7-8;2*1-2-4-6-5-3-1;1-3-2;2*1-2/h3-7H,2H2,1H3;2*1-5H;3H2,1-2H3;2*1-2H3. The molecule has 0 aliphatic carbocycles. The first-order valence-corrected chi connectivity index (χ1v) is 10.1. The van der Waals surface area contributed by atoms with Crippen molar-refractivity contribution in [3.8, 4) is 0 Å². The summed E-state index contributed by atoms with van der Waals surface area (Å²) in [4.78, 5) is 7.57. The molecule has 0 N–H and O–H groups in total. The van der Waals surface area contributed by atoms with Crippen LogP contribution in [0.2, 0.25) is 0 Å². The topological polar surface area (TPSA) is 25.8 Å². The molecule has 0 spiro atoms. The van der Waals surface area contributed by atoms with Crippen LogP contribution in [-0.2, 0) is 6.42 Å². The van der Waals surface area contributed by atoms with Gasteiger partial charge in [0, 0.05) is 24.8 Å². The summed E-state index contributed by atoms with van der Waals surface area (Å²) in [5.74, 6) is 0. The minimum atomic E-state index is 1.14. The van der Waals surface area contributed by atoms with Gasteiger partial charge < -0.3 is 0 Å². The maximum absolute atomic E-state index is 3.78. The Bertz CT molecular complexity index is 440. The molecule has 27 heavy (non-hydrogen) atoms. The number of hydrogen-bond donors (Lipinski definition) is 0. The van der Waals surface area contributed by atoms with E-state index in [1.165, 1.54) is 12.0 Å². The highest BCUT2D eigenvalue weighted by atomic mass is 14.6. The summed E-state index contributed by atoms with van der Waals surface area (Å²) < 4.78 is 0. The van der Waals surface area contributed by atoms with Crippen molar-refractivity contribution in [3.05, 3.63) is 97.1 Å². The van der Waals surface area contributed by atoms with Gasteiger partial charge in [-0.25, -0.2) is 0 Å². The van der Waals surface area contributed by atoms with Crippen LogP contribution in [0.3, 0.4) is 0 Å². The molecule has 0 aliphatic heterocycles. The summed E-state index contributed by atoms with van der Waals surface area (Å²) in [6, 6.07) is 21.9. The van der Waals surface area contributed by atoms with Crippen LogP contribution in [0, 0.1) is 0 Å². The molecule has 0 atom stereocenters. The lowest BCUT2D eigenvalue weighted by atomic mass is 10.2. The highest BCUT2D eigenvalue weighted by molar-refractivity contribution is 5.13. The molecular formula is C25H40N2. The largest absolute Gasteiger partial charge is 0.265 e. The molecule has 3 rings (SSSR count). The number of benzene rings is 1. The first-order chi connectivity index (χ1) is 13.3. The molecular weight excluding hydrogens is 328 g/mol. The SMILES string of the molecule is CC.CC.CCC.CCc1ccccc1.c1ccncc1.c1ccncc1. The fourth-order valence-corrected chi connectivity index (χ4v) is 1.34. The molecule has 0 fully saturated rings. The molecule has 0 bridgehead atoms. The summed E-state index contributed by atoms with van der Waals surface area (Å²) in [6.07, 6.45) is 9.39. The Balaban J connectivity index is -0.000000277. The molecule has 0 saturated heterocycles. The van der Waals surface area contributed by atoms with E-state index >= 15 is 0 Å². The van der Waals surface area contributed by atoms with Crippen molar-refractivity contribution < 1.29 is 0 Å². The minimum Gasteiger partial charge on any atom is -0.265 e. The van der Waals surface area contributed by atoms with Crippen molar-refractivity contribution >= 4 is 0 Å². The van der Waals surface area contributed by atoms with Gasteiger partial charge >= 0.3 is 0 Å². The van der Waals surface area contributed by atoms with Crippen LogP contribution in [0.1, 0.15) is 60.5 Å². The van der Waals surface area contributed by atoms with Gasteiger partial charge in [0.05, 0.1) is 0 Å². The Hall–Kier alpha value is -2.48. The van der Waals surface area contributed by atoms with Gasteiger partial charge in [-0.05, 0) is 36.2 Å². The Labute approximate surface area is 168 Å². The summed E-state index contributed by atoms with van der Waals surface area (Å²) in [5.41, 5.74) is 1.41. The monoisotopic (exact) mass is 368 g/mol. The zero-order chi connectivity index (χ0) is 21.0. The fraction of sp³-hybridized carbons (Fsp3) is 0.360. The molecule has 0 aliphatic rings. The van der Waals surface area contributed by atoms with E-state index in [1.807, 2.05) is 70.2 Å². The van der Waals surface area contributed by atoms with Crippen molar-refractivity contribution in [3.63, 3.8) is 0 Å². The summed E-state index contributed by atoms with van der Waals surface area (Å²) >= 11 is 0. The highest BCUT2D eigenvalue weighted by Crippen LogP contribution is 1.96. The second kappa shape index (κ2) is 31.3. The molecule has 2 aromatic heterocycles. The zero-order valence-corrected chi connectivity index (χ0v) is 18.5. The lowest BCUT2D eigenvalue weighted by molar-refractivity contribution is 1.09. The number of rotatable bonds is 1. The predicted octanol–water partition coefficient (Wildman–Crippen LogP) is 7.88. The third kappa shape index (κ3) is 28.6. The predicted molar refractivity (Wildman–Crippen MR) is 123 cm³/mol. The van der Waals surface area contributed by atoms with E-state index in [0.717, 1.165) is 6.42 Å². The van der Waals surface area contributed by atoms with Gasteiger partial charge in [0.2, 0.25) is 0 Å². The van der Waals surface area contributed by atoms with Gasteiger partial charge in [-0.15, -0.1) is 0 Å². The Morgan fingerprint density at radius 1 is 0.519 bits per heavy atom. The van der Waals surface area contributed by atoms with Gasteiger partial charge in [-0.2, -0.15) is 0 Å². The summed E-state index contributed by atoms with van der Waals surface area (Å²) in [6.45, 7) is 14.4. The van der Waals surface area contributed by atoms with Crippen LogP contribution in [0.4, 0.5) is 0 Å². The van der Waals surface area contributed by atoms with Crippen molar-refractivity contribution in [2.75, 3.05) is 0 Å². The second-order valence-corrected chi connectivity index (χ2v) is 4.60. The van der Waals surface area contributed by atoms with Gasteiger partial charge in [0.15, 0.2) is 0 Å². The van der Waals surface area contributed by atoms with Crippen LogP contribution in [-0.4, -0.2) is 9.97 Å². The highest BCUT2D eigenvalue weighted by Gasteiger charge is 1.79. The van der Waals surface area contributed by atoms with Crippen LogP contribution in [0.5, 0.6) is 0 Å². The Morgan fingerprint density at radius 2 is 0.815 bits per heavy atom. The first-order valence-electron chi connectivity index (χ1n) is 10.1. The van der Waals surface area contributed by atoms with Crippen LogP contribution in [0.15, 0.2) is 91.5 Å². The fourth-order valence-electron chi connectivity index (χ4n) is 1.34. The minimum absolute atomic E-state index is 1.14. The maximum atomic E-state index is 3.78. The summed E-state index contributed by atoms with van der Waals surface area (Å²) in [5, 5.41) is 0. The zero-order valence-electron chi connectivity index (χ0n) is 18.5. The second-order valence-electron chi connectivity index (χ2n) is 4.60. The molecule has 0 saturated carbocycles. The van der Waals surface area contributed by atoms with Gasteiger partial charge in [-0.3, -0.25) is 9.97 Å². The molecule has 0 amide bonds. The van der Waals surface area contributed by atoms with Crippen LogP contribution >= 0.6 is 0 Å². The lowest BCUT2D eigenvalue weighted by Crippen LogP contribution is -1.73. The smallest absolute Gasteiger partial charge is 0.0267 e. The third-order valence-electron chi connectivity index (χ3n) is 2.38. The van der Waals surface area contributed by atoms with Crippen molar-refractivity contribution in [1.29, 1.82) is 0 Å². The van der Waals surface area contributed by atoms with E-state index in [4.69, 9.17) is 0 Å². The maximum Gasteiger partial charge on any atom is 0.0267 e. The number of pyridine rings is 2. The molecule has 2 heterocycles. The quantitative estimate of drug-likeness (QED) is 0.436. The molecule has 0 unspecified atom stereocenters. The van der Waals surface area contributed by atoms with E-state index in [2.05, 4.69) is 55.0 Å². The summed E-state index contributed by atoms with van der Waals surface area (Å²) in [7, 11) is 0. The van der Waals surface area contributed by atoms with E-state index in [-0.39, 0.29) is 0 Å². The van der Waals surface area contributed by atoms with E-state index < -0.39 is 0 Å². The average molecular weight is 369 g/mol. The van der Waals surface area contributed by atoms with E-state index in [0.29, 0.717) is 0 Å². The average Bonchev–Trinajstić information content (AvgIpc) is 2.81. The lowest BCUT2D eigenvalue weighted by Gasteiger charge is -1.89. The van der Waals surface area contributed by atoms with Gasteiger partial charge in [0.25, 0.3) is 0 Å². The van der Waals surface area contributed by atoms with E-state index in [1.54, 1.807) is 24.8 Å².